The maximum Gasteiger partial charge on any atom is 0.408 e. The average Bonchev–Trinajstić information content (AvgIpc) is 2.21. The third kappa shape index (κ3) is 3.83. The van der Waals surface area contributed by atoms with Gasteiger partial charge in [0.15, 0.2) is 15.4 Å². The third-order valence-corrected chi connectivity index (χ3v) is 4.51. The Bertz CT molecular complexity index is 495. The first kappa shape index (κ1) is 16.7. The van der Waals surface area contributed by atoms with Gasteiger partial charge < -0.3 is 10.1 Å². The Morgan fingerprint density at radius 1 is 1.25 bits per heavy atom. The van der Waals surface area contributed by atoms with Crippen LogP contribution in [-0.4, -0.2) is 62.3 Å². The molecule has 0 aromatic rings. The molecule has 0 unspecified atom stereocenters. The van der Waals surface area contributed by atoms with Crippen molar-refractivity contribution < 1.29 is 27.6 Å². The molecule has 0 bridgehead atoms. The fraction of sp³-hybridized carbons (Fsp3) is 0.818. The lowest BCUT2D eigenvalue weighted by molar-refractivity contribution is -0.175. The third-order valence-electron chi connectivity index (χ3n) is 2.64. The summed E-state index contributed by atoms with van der Waals surface area (Å²) in [4.78, 5) is 28.6. The highest BCUT2D eigenvalue weighted by atomic mass is 32.2. The van der Waals surface area contributed by atoms with Gasteiger partial charge in [0, 0.05) is 7.05 Å². The summed E-state index contributed by atoms with van der Waals surface area (Å²) in [5.74, 6) is -1.57. The van der Waals surface area contributed by atoms with Gasteiger partial charge in [-0.1, -0.05) is 0 Å². The van der Waals surface area contributed by atoms with Gasteiger partial charge in [-0.25, -0.2) is 18.3 Å². The first-order chi connectivity index (χ1) is 8.91. The number of amides is 2. The first-order valence-corrected chi connectivity index (χ1v) is 7.77. The molecule has 2 amide bonds. The fourth-order valence-electron chi connectivity index (χ4n) is 1.84. The second-order valence-corrected chi connectivity index (χ2v) is 7.79. The molecule has 116 valence electrons. The zero-order valence-corrected chi connectivity index (χ0v) is 13.0. The maximum absolute atomic E-state index is 12.1. The zero-order chi connectivity index (χ0) is 15.8. The summed E-state index contributed by atoms with van der Waals surface area (Å²) in [6.45, 7) is 5.00. The van der Waals surface area contributed by atoms with E-state index in [0.29, 0.717) is 0 Å². The second kappa shape index (κ2) is 5.21. The fourth-order valence-corrected chi connectivity index (χ4v) is 3.65. The lowest BCUT2D eigenvalue weighted by atomic mass is 10.0. The summed E-state index contributed by atoms with van der Waals surface area (Å²) in [6, 6.07) is 0. The van der Waals surface area contributed by atoms with Gasteiger partial charge in [0.1, 0.15) is 5.60 Å². The zero-order valence-electron chi connectivity index (χ0n) is 12.2. The van der Waals surface area contributed by atoms with Crippen LogP contribution in [0.4, 0.5) is 4.79 Å². The van der Waals surface area contributed by atoms with Crippen molar-refractivity contribution in [2.45, 2.75) is 31.9 Å². The number of hydrogen-bond donors (Lipinski definition) is 1. The minimum absolute atomic E-state index is 0.466. The van der Waals surface area contributed by atoms with Crippen LogP contribution in [0.5, 0.6) is 0 Å². The number of nitrogens with zero attached hydrogens (tertiary/aromatic N) is 1. The summed E-state index contributed by atoms with van der Waals surface area (Å²) in [7, 11) is -0.729. The van der Waals surface area contributed by atoms with Crippen molar-refractivity contribution in [3.63, 3.8) is 0 Å². The summed E-state index contributed by atoms with van der Waals surface area (Å²) >= 11 is 0. The number of alkyl carbamates (subject to hydrolysis) is 1. The van der Waals surface area contributed by atoms with Crippen LogP contribution in [0.15, 0.2) is 0 Å². The van der Waals surface area contributed by atoms with Gasteiger partial charge in [-0.3, -0.25) is 9.63 Å². The molecule has 9 heteroatoms. The van der Waals surface area contributed by atoms with E-state index in [1.165, 1.54) is 14.2 Å². The molecule has 1 aliphatic rings. The number of carbonyl (C=O) groups is 2. The van der Waals surface area contributed by atoms with Gasteiger partial charge in [0.05, 0.1) is 18.6 Å². The van der Waals surface area contributed by atoms with Crippen LogP contribution in [0.3, 0.4) is 0 Å². The Hall–Kier alpha value is -1.35. The van der Waals surface area contributed by atoms with Crippen LogP contribution >= 0.6 is 0 Å². The molecule has 0 radical (unpaired) electrons. The maximum atomic E-state index is 12.1. The minimum Gasteiger partial charge on any atom is -0.444 e. The SMILES string of the molecule is CON(C)C(=O)C1(NC(=O)OC(C)(C)C)CS(=O)(=O)C1. The topological polar surface area (TPSA) is 102 Å². The highest BCUT2D eigenvalue weighted by Crippen LogP contribution is 2.26. The Labute approximate surface area is 118 Å². The quantitative estimate of drug-likeness (QED) is 0.718. The molecule has 8 nitrogen and oxygen atoms in total. The molecule has 0 atom stereocenters. The van der Waals surface area contributed by atoms with Gasteiger partial charge in [-0.2, -0.15) is 0 Å². The number of nitrogens with one attached hydrogen (secondary N) is 1. The molecule has 20 heavy (non-hydrogen) atoms. The Balaban J connectivity index is 2.87. The van der Waals surface area contributed by atoms with E-state index < -0.39 is 44.5 Å². The largest absolute Gasteiger partial charge is 0.444 e. The van der Waals surface area contributed by atoms with Crippen LogP contribution in [0.1, 0.15) is 20.8 Å². The second-order valence-electron chi connectivity index (χ2n) is 5.73. The molecule has 1 aliphatic heterocycles. The van der Waals surface area contributed by atoms with Crippen molar-refractivity contribution in [1.29, 1.82) is 0 Å². The molecule has 1 rings (SSSR count). The van der Waals surface area contributed by atoms with Gasteiger partial charge in [-0.05, 0) is 20.8 Å². The van der Waals surface area contributed by atoms with Crippen molar-refractivity contribution in [2.24, 2.45) is 0 Å². The van der Waals surface area contributed by atoms with Crippen molar-refractivity contribution in [3.8, 4) is 0 Å². The highest BCUT2D eigenvalue weighted by molar-refractivity contribution is 7.93. The summed E-state index contributed by atoms with van der Waals surface area (Å²) in [5.41, 5.74) is -2.27. The van der Waals surface area contributed by atoms with E-state index in [1.54, 1.807) is 20.8 Å². The monoisotopic (exact) mass is 308 g/mol. The molecule has 1 heterocycles. The molecule has 0 aromatic heterocycles. The van der Waals surface area contributed by atoms with E-state index in [1.807, 2.05) is 0 Å². The smallest absolute Gasteiger partial charge is 0.408 e. The van der Waals surface area contributed by atoms with Gasteiger partial charge >= 0.3 is 6.09 Å². The first-order valence-electron chi connectivity index (χ1n) is 5.95. The van der Waals surface area contributed by atoms with Crippen molar-refractivity contribution >= 4 is 21.8 Å². The summed E-state index contributed by atoms with van der Waals surface area (Å²) in [6.07, 6.45) is -0.842. The molecule has 1 N–H and O–H groups in total. The predicted molar refractivity (Wildman–Crippen MR) is 70.5 cm³/mol. The molecule has 1 saturated heterocycles. The Morgan fingerprint density at radius 3 is 2.10 bits per heavy atom. The summed E-state index contributed by atoms with van der Waals surface area (Å²) < 4.78 is 27.8. The van der Waals surface area contributed by atoms with Crippen LogP contribution in [-0.2, 0) is 24.2 Å². The predicted octanol–water partition coefficient (Wildman–Crippen LogP) is -0.302. The van der Waals surface area contributed by atoms with E-state index in [2.05, 4.69) is 5.32 Å². The molecule has 1 fully saturated rings. The Kier molecular flexibility index (Phi) is 4.35. The van der Waals surface area contributed by atoms with Crippen LogP contribution < -0.4 is 5.32 Å². The number of sulfone groups is 1. The lowest BCUT2D eigenvalue weighted by Gasteiger charge is -2.41. The molecule has 0 spiro atoms. The number of likely N-dealkylation sites (N-methyl/N-ethyl adjacent to an activating group) is 1. The van der Waals surface area contributed by atoms with Crippen LogP contribution in [0.2, 0.25) is 0 Å². The lowest BCUT2D eigenvalue weighted by Crippen LogP contribution is -2.72. The average molecular weight is 308 g/mol. The molecular formula is C11H20N2O6S. The molecule has 0 aliphatic carbocycles. The number of hydroxylamine groups is 2. The van der Waals surface area contributed by atoms with E-state index in [-0.39, 0.29) is 0 Å². The molecular weight excluding hydrogens is 288 g/mol. The number of rotatable bonds is 3. The van der Waals surface area contributed by atoms with E-state index >= 15 is 0 Å². The van der Waals surface area contributed by atoms with Gasteiger partial charge in [-0.15, -0.1) is 0 Å². The normalized spacial score (nSPS) is 19.6. The standard InChI is InChI=1S/C11H20N2O6S/c1-10(2,3)19-9(15)12-11(6-20(16,17)7-11)8(14)13(4)18-5/h6-7H2,1-5H3,(H,12,15). The van der Waals surface area contributed by atoms with E-state index in [0.717, 1.165) is 5.06 Å². The molecule has 0 aromatic carbocycles. The molecule has 0 saturated carbocycles. The number of ether oxygens (including phenoxy) is 1. The minimum atomic E-state index is -3.34. The van der Waals surface area contributed by atoms with Crippen molar-refractivity contribution in [2.75, 3.05) is 25.7 Å². The van der Waals surface area contributed by atoms with E-state index in [4.69, 9.17) is 9.57 Å². The van der Waals surface area contributed by atoms with Crippen molar-refractivity contribution in [1.82, 2.24) is 10.4 Å². The number of carbonyl (C=O) groups excluding carboxylic acids is 2. The van der Waals surface area contributed by atoms with Gasteiger partial charge in [0.2, 0.25) is 0 Å². The van der Waals surface area contributed by atoms with Gasteiger partial charge in [0.25, 0.3) is 5.91 Å². The van der Waals surface area contributed by atoms with Crippen molar-refractivity contribution in [3.05, 3.63) is 0 Å². The number of hydrogen-bond acceptors (Lipinski definition) is 6. The summed E-state index contributed by atoms with van der Waals surface area (Å²) in [5, 5.41) is 3.23. The Morgan fingerprint density at radius 2 is 1.75 bits per heavy atom. The van der Waals surface area contributed by atoms with E-state index in [9.17, 15) is 18.0 Å². The highest BCUT2D eigenvalue weighted by Gasteiger charge is 2.57. The van der Waals surface area contributed by atoms with Crippen LogP contribution in [0, 0.1) is 0 Å². The van der Waals surface area contributed by atoms with Crippen LogP contribution in [0.25, 0.3) is 0 Å².